The van der Waals surface area contributed by atoms with Crippen molar-refractivity contribution >= 4 is 0 Å². The van der Waals surface area contributed by atoms with Gasteiger partial charge in [0.15, 0.2) is 0 Å². The summed E-state index contributed by atoms with van der Waals surface area (Å²) in [5, 5.41) is 3.56. The first kappa shape index (κ1) is 12.9. The molecule has 1 aliphatic carbocycles. The van der Waals surface area contributed by atoms with E-state index in [-0.39, 0.29) is 0 Å². The molecule has 3 heteroatoms. The minimum Gasteiger partial charge on any atom is -0.378 e. The third-order valence-corrected chi connectivity index (χ3v) is 4.81. The molecule has 3 aliphatic rings. The number of hydrogen-bond donors (Lipinski definition) is 1. The lowest BCUT2D eigenvalue weighted by Crippen LogP contribution is -2.47. The molecule has 3 nitrogen and oxygen atoms in total. The molecule has 104 valence electrons. The summed E-state index contributed by atoms with van der Waals surface area (Å²) in [6, 6.07) is 1.70. The van der Waals surface area contributed by atoms with Crippen molar-refractivity contribution in [2.75, 3.05) is 26.2 Å². The molecule has 0 aromatic rings. The largest absolute Gasteiger partial charge is 0.378 e. The zero-order valence-electron chi connectivity index (χ0n) is 11.7. The van der Waals surface area contributed by atoms with Crippen LogP contribution in [0.2, 0.25) is 0 Å². The van der Waals surface area contributed by atoms with E-state index < -0.39 is 0 Å². The van der Waals surface area contributed by atoms with Crippen molar-refractivity contribution in [3.05, 3.63) is 0 Å². The fraction of sp³-hybridized carbons (Fsp3) is 1.00. The average molecular weight is 252 g/mol. The molecule has 0 bridgehead atoms. The molecular weight excluding hydrogens is 224 g/mol. The zero-order valence-corrected chi connectivity index (χ0v) is 11.7. The van der Waals surface area contributed by atoms with Crippen LogP contribution < -0.4 is 5.32 Å². The molecule has 2 aliphatic heterocycles. The van der Waals surface area contributed by atoms with Crippen LogP contribution in [0.5, 0.6) is 0 Å². The molecular formula is C15H28N2O. The number of rotatable bonds is 4. The van der Waals surface area contributed by atoms with Crippen molar-refractivity contribution in [2.24, 2.45) is 5.92 Å². The molecule has 18 heavy (non-hydrogen) atoms. The van der Waals surface area contributed by atoms with Crippen molar-refractivity contribution in [2.45, 2.75) is 63.6 Å². The third kappa shape index (κ3) is 3.25. The van der Waals surface area contributed by atoms with Gasteiger partial charge in [-0.2, -0.15) is 0 Å². The van der Waals surface area contributed by atoms with E-state index in [0.717, 1.165) is 24.6 Å². The van der Waals surface area contributed by atoms with E-state index in [2.05, 4.69) is 17.1 Å². The molecule has 3 fully saturated rings. The predicted molar refractivity (Wildman–Crippen MR) is 73.8 cm³/mol. The smallest absolute Gasteiger partial charge is 0.0561 e. The van der Waals surface area contributed by atoms with Crippen LogP contribution in [0.15, 0.2) is 0 Å². The lowest BCUT2D eigenvalue weighted by molar-refractivity contribution is -0.0237. The summed E-state index contributed by atoms with van der Waals surface area (Å²) < 4.78 is 5.71. The van der Waals surface area contributed by atoms with Crippen LogP contribution in [-0.2, 0) is 4.74 Å². The van der Waals surface area contributed by atoms with Gasteiger partial charge in [-0.15, -0.1) is 0 Å². The molecule has 1 N–H and O–H groups in total. The molecule has 3 unspecified atom stereocenters. The Hall–Kier alpha value is -0.120. The predicted octanol–water partition coefficient (Wildman–Crippen LogP) is 2.02. The number of hydrogen-bond acceptors (Lipinski definition) is 3. The second kappa shape index (κ2) is 5.89. The maximum absolute atomic E-state index is 5.71. The van der Waals surface area contributed by atoms with E-state index in [4.69, 9.17) is 4.74 Å². The highest BCUT2D eigenvalue weighted by molar-refractivity contribution is 4.92. The lowest BCUT2D eigenvalue weighted by atomic mass is 9.96. The summed E-state index contributed by atoms with van der Waals surface area (Å²) in [5.41, 5.74) is 0. The van der Waals surface area contributed by atoms with Crippen molar-refractivity contribution in [3.8, 4) is 0 Å². The summed E-state index contributed by atoms with van der Waals surface area (Å²) in [6.45, 7) is 7.00. The van der Waals surface area contributed by atoms with Gasteiger partial charge in [-0.1, -0.05) is 0 Å². The molecule has 0 amide bonds. The van der Waals surface area contributed by atoms with Crippen molar-refractivity contribution in [3.63, 3.8) is 0 Å². The molecule has 3 rings (SSSR count). The molecule has 2 saturated heterocycles. The van der Waals surface area contributed by atoms with Crippen LogP contribution in [0.3, 0.4) is 0 Å². The zero-order chi connectivity index (χ0) is 12.4. The van der Waals surface area contributed by atoms with Gasteiger partial charge < -0.3 is 10.1 Å². The fourth-order valence-electron chi connectivity index (χ4n) is 3.66. The highest BCUT2D eigenvalue weighted by atomic mass is 16.5. The maximum atomic E-state index is 5.71. The number of ether oxygens (including phenoxy) is 1. The Balaban J connectivity index is 1.56. The van der Waals surface area contributed by atoms with Gasteiger partial charge in [-0.25, -0.2) is 0 Å². The van der Waals surface area contributed by atoms with Gasteiger partial charge in [-0.3, -0.25) is 4.90 Å². The molecule has 0 aromatic carbocycles. The second-order valence-electron chi connectivity index (χ2n) is 6.50. The Morgan fingerprint density at radius 1 is 1.17 bits per heavy atom. The van der Waals surface area contributed by atoms with Crippen molar-refractivity contribution in [1.29, 1.82) is 0 Å². The molecule has 2 heterocycles. The third-order valence-electron chi connectivity index (χ3n) is 4.81. The van der Waals surface area contributed by atoms with Gasteiger partial charge in [0.1, 0.15) is 0 Å². The highest BCUT2D eigenvalue weighted by Crippen LogP contribution is 2.33. The average Bonchev–Trinajstić information content (AvgIpc) is 3.21. The summed E-state index contributed by atoms with van der Waals surface area (Å²) in [5.74, 6) is 0.887. The van der Waals surface area contributed by atoms with Gasteiger partial charge in [-0.05, 0) is 64.5 Å². The van der Waals surface area contributed by atoms with Gasteiger partial charge in [0.05, 0.1) is 6.10 Å². The van der Waals surface area contributed by atoms with Crippen LogP contribution in [-0.4, -0.2) is 49.3 Å². The highest BCUT2D eigenvalue weighted by Gasteiger charge is 2.37. The van der Waals surface area contributed by atoms with Crippen LogP contribution in [0, 0.1) is 5.92 Å². The van der Waals surface area contributed by atoms with Crippen LogP contribution in [0.4, 0.5) is 0 Å². The SMILES string of the molecule is CC1CC(N(CC2CCCNC2)C2CC2)CCO1. The van der Waals surface area contributed by atoms with Crippen molar-refractivity contribution in [1.82, 2.24) is 10.2 Å². The first-order valence-corrected chi connectivity index (χ1v) is 7.91. The van der Waals surface area contributed by atoms with Crippen LogP contribution in [0.1, 0.15) is 45.4 Å². The number of piperidine rings is 1. The molecule has 0 spiro atoms. The van der Waals surface area contributed by atoms with Crippen LogP contribution >= 0.6 is 0 Å². The Morgan fingerprint density at radius 2 is 2.06 bits per heavy atom. The van der Waals surface area contributed by atoms with E-state index >= 15 is 0 Å². The van der Waals surface area contributed by atoms with E-state index in [1.807, 2.05) is 0 Å². The standard InChI is InChI=1S/C15H28N2O/c1-12-9-15(6-8-18-12)17(14-4-5-14)11-13-3-2-7-16-10-13/h12-16H,2-11H2,1H3. The Labute approximate surface area is 111 Å². The van der Waals surface area contributed by atoms with Gasteiger partial charge in [0.25, 0.3) is 0 Å². The topological polar surface area (TPSA) is 24.5 Å². The van der Waals surface area contributed by atoms with Gasteiger partial charge in [0, 0.05) is 25.2 Å². The molecule has 3 atom stereocenters. The maximum Gasteiger partial charge on any atom is 0.0561 e. The Kier molecular flexibility index (Phi) is 4.22. The summed E-state index contributed by atoms with van der Waals surface area (Å²) in [6.07, 6.45) is 8.63. The van der Waals surface area contributed by atoms with E-state index in [1.54, 1.807) is 0 Å². The summed E-state index contributed by atoms with van der Waals surface area (Å²) >= 11 is 0. The minimum atomic E-state index is 0.467. The van der Waals surface area contributed by atoms with Gasteiger partial charge >= 0.3 is 0 Å². The van der Waals surface area contributed by atoms with E-state index in [9.17, 15) is 0 Å². The van der Waals surface area contributed by atoms with E-state index in [1.165, 1.54) is 58.2 Å². The first-order valence-electron chi connectivity index (χ1n) is 7.91. The normalized spacial score (nSPS) is 38.0. The van der Waals surface area contributed by atoms with Gasteiger partial charge in [0.2, 0.25) is 0 Å². The number of nitrogens with one attached hydrogen (secondary N) is 1. The quantitative estimate of drug-likeness (QED) is 0.828. The molecule has 0 aromatic heterocycles. The molecule has 0 radical (unpaired) electrons. The summed E-state index contributed by atoms with van der Waals surface area (Å²) in [4.78, 5) is 2.84. The fourth-order valence-corrected chi connectivity index (χ4v) is 3.66. The lowest BCUT2D eigenvalue weighted by Gasteiger charge is -2.39. The summed E-state index contributed by atoms with van der Waals surface area (Å²) in [7, 11) is 0. The number of nitrogens with zero attached hydrogens (tertiary/aromatic N) is 1. The second-order valence-corrected chi connectivity index (χ2v) is 6.50. The van der Waals surface area contributed by atoms with E-state index in [0.29, 0.717) is 6.10 Å². The minimum absolute atomic E-state index is 0.467. The molecule has 1 saturated carbocycles. The monoisotopic (exact) mass is 252 g/mol. The Morgan fingerprint density at radius 3 is 2.72 bits per heavy atom. The first-order chi connectivity index (χ1) is 8.83. The Bertz CT molecular complexity index is 261. The van der Waals surface area contributed by atoms with Crippen LogP contribution in [0.25, 0.3) is 0 Å². The van der Waals surface area contributed by atoms with Crippen molar-refractivity contribution < 1.29 is 4.74 Å².